The predicted octanol–water partition coefficient (Wildman–Crippen LogP) is -0.205. The highest BCUT2D eigenvalue weighted by Gasteiger charge is 2.29. The molecule has 1 fully saturated rings. The number of rotatable bonds is 5. The van der Waals surface area contributed by atoms with Gasteiger partial charge in [-0.25, -0.2) is 13.1 Å². The molecule has 2 rings (SSSR count). The molecule has 0 bridgehead atoms. The largest absolute Gasteiger partial charge is 0.480 e. The summed E-state index contributed by atoms with van der Waals surface area (Å²) in [6.45, 7) is 2.56. The van der Waals surface area contributed by atoms with Gasteiger partial charge in [0.05, 0.1) is 4.90 Å². The van der Waals surface area contributed by atoms with E-state index in [4.69, 9.17) is 0 Å². The molecule has 0 saturated carbocycles. The van der Waals surface area contributed by atoms with Crippen molar-refractivity contribution in [1.29, 1.82) is 0 Å². The number of nitrogens with one attached hydrogen (secondary N) is 1. The second-order valence-corrected chi connectivity index (χ2v) is 7.31. The van der Waals surface area contributed by atoms with E-state index >= 15 is 0 Å². The SMILES string of the molecule is CNS(=O)(=O)c1ccc(CN2CCN(C)[C@@H](C(=O)O)C2)cc1. The Morgan fingerprint density at radius 1 is 1.32 bits per heavy atom. The van der Waals surface area contributed by atoms with Gasteiger partial charge in [0.2, 0.25) is 10.0 Å². The molecule has 8 heteroatoms. The van der Waals surface area contributed by atoms with Crippen LogP contribution in [0.5, 0.6) is 0 Å². The summed E-state index contributed by atoms with van der Waals surface area (Å²) in [6.07, 6.45) is 0. The standard InChI is InChI=1S/C14H21N3O4S/c1-15-22(20,21)12-5-3-11(4-6-12)9-17-8-7-16(2)13(10-17)14(18)19/h3-6,13,15H,7-10H2,1-2H3,(H,18,19)/t13-/m1/s1. The first-order chi connectivity index (χ1) is 10.3. The summed E-state index contributed by atoms with van der Waals surface area (Å²) in [4.78, 5) is 15.3. The number of benzene rings is 1. The van der Waals surface area contributed by atoms with E-state index in [1.807, 2.05) is 11.9 Å². The van der Waals surface area contributed by atoms with Crippen LogP contribution in [0, 0.1) is 0 Å². The van der Waals surface area contributed by atoms with E-state index in [1.54, 1.807) is 24.3 Å². The maximum absolute atomic E-state index is 11.7. The van der Waals surface area contributed by atoms with Gasteiger partial charge in [0.15, 0.2) is 0 Å². The van der Waals surface area contributed by atoms with E-state index in [2.05, 4.69) is 9.62 Å². The fourth-order valence-corrected chi connectivity index (χ4v) is 3.22. The molecular formula is C14H21N3O4S. The molecule has 122 valence electrons. The molecule has 1 aliphatic rings. The van der Waals surface area contributed by atoms with Crippen LogP contribution in [-0.4, -0.2) is 69.1 Å². The maximum Gasteiger partial charge on any atom is 0.322 e. The molecule has 1 aromatic rings. The summed E-state index contributed by atoms with van der Waals surface area (Å²) in [5.74, 6) is -0.817. The van der Waals surface area contributed by atoms with E-state index in [1.165, 1.54) is 7.05 Å². The number of carboxylic acids is 1. The van der Waals surface area contributed by atoms with Crippen LogP contribution in [0.1, 0.15) is 5.56 Å². The van der Waals surface area contributed by atoms with Crippen molar-refractivity contribution >= 4 is 16.0 Å². The number of hydrogen-bond acceptors (Lipinski definition) is 5. The van der Waals surface area contributed by atoms with E-state index in [0.29, 0.717) is 19.6 Å². The Balaban J connectivity index is 2.04. The highest BCUT2D eigenvalue weighted by Crippen LogP contribution is 2.15. The first kappa shape index (κ1) is 16.9. The molecule has 0 aromatic heterocycles. The number of likely N-dealkylation sites (N-methyl/N-ethyl adjacent to an activating group) is 1. The van der Waals surface area contributed by atoms with E-state index < -0.39 is 22.0 Å². The van der Waals surface area contributed by atoms with E-state index in [-0.39, 0.29) is 4.90 Å². The molecule has 7 nitrogen and oxygen atoms in total. The average molecular weight is 327 g/mol. The molecule has 22 heavy (non-hydrogen) atoms. The summed E-state index contributed by atoms with van der Waals surface area (Å²) < 4.78 is 25.6. The summed E-state index contributed by atoms with van der Waals surface area (Å²) >= 11 is 0. The van der Waals surface area contributed by atoms with Crippen molar-refractivity contribution in [3.63, 3.8) is 0 Å². The van der Waals surface area contributed by atoms with Gasteiger partial charge >= 0.3 is 5.97 Å². The molecule has 0 aliphatic carbocycles. The van der Waals surface area contributed by atoms with Crippen molar-refractivity contribution in [1.82, 2.24) is 14.5 Å². The van der Waals surface area contributed by atoms with Crippen molar-refractivity contribution in [3.05, 3.63) is 29.8 Å². The molecule has 1 heterocycles. The number of carboxylic acid groups (broad SMARTS) is 1. The lowest BCUT2D eigenvalue weighted by atomic mass is 10.1. The minimum Gasteiger partial charge on any atom is -0.480 e. The molecule has 1 atom stereocenters. The minimum atomic E-state index is -3.42. The summed E-state index contributed by atoms with van der Waals surface area (Å²) in [5.41, 5.74) is 0.962. The van der Waals surface area contributed by atoms with Crippen LogP contribution in [0.15, 0.2) is 29.2 Å². The normalized spacial score (nSPS) is 20.9. The lowest BCUT2D eigenvalue weighted by Crippen LogP contribution is -2.54. The van der Waals surface area contributed by atoms with E-state index in [9.17, 15) is 18.3 Å². The third-order valence-electron chi connectivity index (χ3n) is 3.93. The van der Waals surface area contributed by atoms with Gasteiger partial charge < -0.3 is 5.11 Å². The molecule has 1 saturated heterocycles. The molecule has 2 N–H and O–H groups in total. The lowest BCUT2D eigenvalue weighted by Gasteiger charge is -2.37. The third-order valence-corrected chi connectivity index (χ3v) is 5.36. The van der Waals surface area contributed by atoms with Crippen molar-refractivity contribution in [3.8, 4) is 0 Å². The number of aliphatic carboxylic acids is 1. The molecule has 0 spiro atoms. The lowest BCUT2D eigenvalue weighted by molar-refractivity contribution is -0.145. The molecule has 0 unspecified atom stereocenters. The van der Waals surface area contributed by atoms with Crippen LogP contribution in [0.2, 0.25) is 0 Å². The number of nitrogens with zero attached hydrogens (tertiary/aromatic N) is 2. The van der Waals surface area contributed by atoms with Crippen molar-refractivity contribution < 1.29 is 18.3 Å². The molecule has 1 aliphatic heterocycles. The van der Waals surface area contributed by atoms with Gasteiger partial charge in [-0.3, -0.25) is 14.6 Å². The Hall–Kier alpha value is -1.48. The predicted molar refractivity (Wildman–Crippen MR) is 82.0 cm³/mol. The molecule has 0 radical (unpaired) electrons. The zero-order chi connectivity index (χ0) is 16.3. The fourth-order valence-electron chi connectivity index (χ4n) is 2.49. The Kier molecular flexibility index (Phi) is 5.17. The van der Waals surface area contributed by atoms with Crippen molar-refractivity contribution in [2.45, 2.75) is 17.5 Å². The first-order valence-corrected chi connectivity index (χ1v) is 8.49. The second kappa shape index (κ2) is 6.74. The van der Waals surface area contributed by atoms with Gasteiger partial charge in [0, 0.05) is 26.2 Å². The molecule has 1 aromatic carbocycles. The Morgan fingerprint density at radius 2 is 1.95 bits per heavy atom. The van der Waals surface area contributed by atoms with Crippen LogP contribution in [-0.2, 0) is 21.4 Å². The van der Waals surface area contributed by atoms with Gasteiger partial charge in [0.1, 0.15) is 6.04 Å². The van der Waals surface area contributed by atoms with Gasteiger partial charge in [0.25, 0.3) is 0 Å². The topological polar surface area (TPSA) is 90.0 Å². The van der Waals surface area contributed by atoms with Gasteiger partial charge in [-0.15, -0.1) is 0 Å². The molecular weight excluding hydrogens is 306 g/mol. The van der Waals surface area contributed by atoms with Gasteiger partial charge in [-0.2, -0.15) is 0 Å². The monoisotopic (exact) mass is 327 g/mol. The minimum absolute atomic E-state index is 0.223. The van der Waals surface area contributed by atoms with Gasteiger partial charge in [-0.05, 0) is 31.8 Å². The smallest absolute Gasteiger partial charge is 0.322 e. The number of hydrogen-bond donors (Lipinski definition) is 2. The zero-order valence-electron chi connectivity index (χ0n) is 12.7. The van der Waals surface area contributed by atoms with Crippen LogP contribution in [0.4, 0.5) is 0 Å². The summed E-state index contributed by atoms with van der Waals surface area (Å²) in [7, 11) is -0.236. The quantitative estimate of drug-likeness (QED) is 0.778. The average Bonchev–Trinajstić information content (AvgIpc) is 2.49. The van der Waals surface area contributed by atoms with Crippen LogP contribution in [0.25, 0.3) is 0 Å². The third kappa shape index (κ3) is 3.83. The number of sulfonamides is 1. The summed E-state index contributed by atoms with van der Waals surface area (Å²) in [5, 5.41) is 9.20. The summed E-state index contributed by atoms with van der Waals surface area (Å²) in [6, 6.07) is 6.15. The Bertz CT molecular complexity index is 630. The highest BCUT2D eigenvalue weighted by molar-refractivity contribution is 7.89. The second-order valence-electron chi connectivity index (χ2n) is 5.42. The highest BCUT2D eigenvalue weighted by atomic mass is 32.2. The van der Waals surface area contributed by atoms with Crippen molar-refractivity contribution in [2.24, 2.45) is 0 Å². The van der Waals surface area contributed by atoms with Crippen LogP contribution < -0.4 is 4.72 Å². The van der Waals surface area contributed by atoms with E-state index in [0.717, 1.165) is 12.1 Å². The van der Waals surface area contributed by atoms with Crippen LogP contribution in [0.3, 0.4) is 0 Å². The number of carbonyl (C=O) groups is 1. The fraction of sp³-hybridized carbons (Fsp3) is 0.500. The Morgan fingerprint density at radius 3 is 2.50 bits per heavy atom. The van der Waals surface area contributed by atoms with Gasteiger partial charge in [-0.1, -0.05) is 12.1 Å². The van der Waals surface area contributed by atoms with Crippen molar-refractivity contribution in [2.75, 3.05) is 33.7 Å². The Labute approximate surface area is 130 Å². The first-order valence-electron chi connectivity index (χ1n) is 7.01. The maximum atomic E-state index is 11.7. The zero-order valence-corrected chi connectivity index (χ0v) is 13.5. The molecule has 0 amide bonds. The number of piperazine rings is 1. The van der Waals surface area contributed by atoms with Crippen LogP contribution >= 0.6 is 0 Å².